The van der Waals surface area contributed by atoms with Gasteiger partial charge in [0.05, 0.1) is 0 Å². The third-order valence-corrected chi connectivity index (χ3v) is 3.30. The molecule has 0 radical (unpaired) electrons. The summed E-state index contributed by atoms with van der Waals surface area (Å²) in [5.74, 6) is -1.47. The van der Waals surface area contributed by atoms with Gasteiger partial charge in [-0.3, -0.25) is 20.2 Å². The highest BCUT2D eigenvalue weighted by molar-refractivity contribution is 7.72. The van der Waals surface area contributed by atoms with Crippen LogP contribution >= 0.6 is 11.3 Å². The van der Waals surface area contributed by atoms with Crippen molar-refractivity contribution in [2.45, 2.75) is 0 Å². The van der Waals surface area contributed by atoms with E-state index in [1.807, 2.05) is 0 Å². The summed E-state index contributed by atoms with van der Waals surface area (Å²) in [7, 11) is -2.67. The Morgan fingerprint density at radius 1 is 1.18 bits per heavy atom. The molecule has 17 heavy (non-hydrogen) atoms. The molecule has 6 nitrogen and oxygen atoms in total. The van der Waals surface area contributed by atoms with Gasteiger partial charge in [0.2, 0.25) is 5.11 Å². The standard InChI is InChI=1S/C9H6N2O4S2/c12-7-6(4-5-2-1-3-16-5)8(13)11-9(10-7)17(14)15/h1-4H,(H,10,12)(H,11,13). The average Bonchev–Trinajstić information content (AvgIpc) is 2.75. The van der Waals surface area contributed by atoms with Crippen LogP contribution in [0, 0.1) is 0 Å². The summed E-state index contributed by atoms with van der Waals surface area (Å²) in [5.41, 5.74) is -0.123. The molecular weight excluding hydrogens is 264 g/mol. The van der Waals surface area contributed by atoms with Crippen LogP contribution in [0.15, 0.2) is 23.1 Å². The summed E-state index contributed by atoms with van der Waals surface area (Å²) in [6.07, 6.45) is 1.40. The van der Waals surface area contributed by atoms with Gasteiger partial charge in [0.1, 0.15) is 5.57 Å². The molecule has 1 aliphatic rings. The molecule has 1 saturated heterocycles. The summed E-state index contributed by atoms with van der Waals surface area (Å²) in [4.78, 5) is 23.8. The van der Waals surface area contributed by atoms with E-state index in [0.717, 1.165) is 4.88 Å². The molecule has 1 aromatic rings. The van der Waals surface area contributed by atoms with E-state index in [9.17, 15) is 18.0 Å². The number of hydrogen-bond acceptors (Lipinski definition) is 5. The Kier molecular flexibility index (Phi) is 3.07. The fraction of sp³-hybridized carbons (Fsp3) is 0. The molecule has 2 N–H and O–H groups in total. The number of rotatable bonds is 1. The smallest absolute Gasteiger partial charge is 0.263 e. The molecule has 88 valence electrons. The van der Waals surface area contributed by atoms with Gasteiger partial charge in [0.15, 0.2) is 0 Å². The molecule has 2 rings (SSSR count). The summed E-state index contributed by atoms with van der Waals surface area (Å²) >= 11 is 1.36. The number of carbonyl (C=O) groups is 2. The lowest BCUT2D eigenvalue weighted by atomic mass is 10.2. The van der Waals surface area contributed by atoms with E-state index in [2.05, 4.69) is 10.6 Å². The van der Waals surface area contributed by atoms with Crippen LogP contribution in [0.25, 0.3) is 6.08 Å². The maximum absolute atomic E-state index is 11.5. The van der Waals surface area contributed by atoms with Crippen molar-refractivity contribution in [2.24, 2.45) is 0 Å². The SMILES string of the molecule is O=C1NC(=S(=O)=O)NC(=O)C1=Cc1cccs1. The highest BCUT2D eigenvalue weighted by atomic mass is 32.2. The minimum absolute atomic E-state index is 0.123. The monoisotopic (exact) mass is 270 g/mol. The first-order valence-electron chi connectivity index (χ1n) is 4.42. The van der Waals surface area contributed by atoms with E-state index in [4.69, 9.17) is 0 Å². The lowest BCUT2D eigenvalue weighted by Gasteiger charge is -2.15. The van der Waals surface area contributed by atoms with E-state index in [1.54, 1.807) is 17.5 Å². The van der Waals surface area contributed by atoms with Gasteiger partial charge in [-0.25, -0.2) is 0 Å². The van der Waals surface area contributed by atoms with Gasteiger partial charge in [-0.05, 0) is 17.5 Å². The highest BCUT2D eigenvalue weighted by Gasteiger charge is 2.27. The molecule has 0 aromatic carbocycles. The molecule has 0 bridgehead atoms. The van der Waals surface area contributed by atoms with Gasteiger partial charge in [0.25, 0.3) is 22.1 Å². The van der Waals surface area contributed by atoms with Crippen LogP contribution in [0.2, 0.25) is 0 Å². The second-order valence-electron chi connectivity index (χ2n) is 3.05. The summed E-state index contributed by atoms with van der Waals surface area (Å²) in [6, 6.07) is 3.52. The fourth-order valence-electron chi connectivity index (χ4n) is 1.21. The van der Waals surface area contributed by atoms with Crippen molar-refractivity contribution in [3.8, 4) is 0 Å². The summed E-state index contributed by atoms with van der Waals surface area (Å²) in [6.45, 7) is 0. The molecule has 0 spiro atoms. The predicted molar refractivity (Wildman–Crippen MR) is 62.5 cm³/mol. The molecule has 1 fully saturated rings. The molecule has 1 aliphatic heterocycles. The second kappa shape index (κ2) is 4.52. The van der Waals surface area contributed by atoms with E-state index >= 15 is 0 Å². The molecule has 1 aromatic heterocycles. The minimum Gasteiger partial charge on any atom is -0.295 e. The van der Waals surface area contributed by atoms with Gasteiger partial charge >= 0.3 is 0 Å². The van der Waals surface area contributed by atoms with Crippen molar-refractivity contribution in [1.29, 1.82) is 0 Å². The van der Waals surface area contributed by atoms with Crippen LogP contribution in [-0.2, 0) is 19.9 Å². The number of thiophene rings is 1. The third kappa shape index (κ3) is 2.43. The Hall–Kier alpha value is -1.93. The molecule has 2 heterocycles. The van der Waals surface area contributed by atoms with Crippen molar-refractivity contribution in [2.75, 3.05) is 0 Å². The minimum atomic E-state index is -2.67. The maximum Gasteiger partial charge on any atom is 0.263 e. The third-order valence-electron chi connectivity index (χ3n) is 1.94. The lowest BCUT2D eigenvalue weighted by molar-refractivity contribution is -0.123. The van der Waals surface area contributed by atoms with E-state index in [-0.39, 0.29) is 5.57 Å². The van der Waals surface area contributed by atoms with Crippen molar-refractivity contribution < 1.29 is 18.0 Å². The fourth-order valence-corrected chi connectivity index (χ4v) is 2.21. The first-order valence-corrected chi connectivity index (χ1v) is 6.37. The van der Waals surface area contributed by atoms with Gasteiger partial charge in [-0.15, -0.1) is 11.3 Å². The van der Waals surface area contributed by atoms with E-state index in [1.165, 1.54) is 17.4 Å². The van der Waals surface area contributed by atoms with Crippen molar-refractivity contribution in [3.05, 3.63) is 28.0 Å². The lowest BCUT2D eigenvalue weighted by Crippen LogP contribution is -2.52. The molecular formula is C9H6N2O4S2. The van der Waals surface area contributed by atoms with Crippen molar-refractivity contribution in [1.82, 2.24) is 10.6 Å². The largest absolute Gasteiger partial charge is 0.295 e. The van der Waals surface area contributed by atoms with Crippen LogP contribution in [0.5, 0.6) is 0 Å². The molecule has 2 amide bonds. The first kappa shape index (κ1) is 11.6. The van der Waals surface area contributed by atoms with Gasteiger partial charge in [-0.2, -0.15) is 8.42 Å². The highest BCUT2D eigenvalue weighted by Crippen LogP contribution is 2.14. The van der Waals surface area contributed by atoms with Gasteiger partial charge < -0.3 is 0 Å². The number of hydrogen-bond donors (Lipinski definition) is 2. The van der Waals surface area contributed by atoms with E-state index in [0.29, 0.717) is 0 Å². The van der Waals surface area contributed by atoms with Crippen LogP contribution in [0.1, 0.15) is 4.88 Å². The van der Waals surface area contributed by atoms with Crippen LogP contribution in [0.3, 0.4) is 0 Å². The molecule has 0 unspecified atom stereocenters. The second-order valence-corrected chi connectivity index (χ2v) is 4.90. The van der Waals surface area contributed by atoms with Gasteiger partial charge in [-0.1, -0.05) is 6.07 Å². The Bertz CT molecular complexity index is 611. The van der Waals surface area contributed by atoms with E-state index < -0.39 is 27.2 Å². The maximum atomic E-state index is 11.5. The number of carbonyl (C=O) groups excluding carboxylic acids is 2. The zero-order valence-electron chi connectivity index (χ0n) is 8.26. The van der Waals surface area contributed by atoms with Crippen molar-refractivity contribution in [3.63, 3.8) is 0 Å². The predicted octanol–water partition coefficient (Wildman–Crippen LogP) is -0.656. The summed E-state index contributed by atoms with van der Waals surface area (Å²) < 4.78 is 21.2. The molecule has 0 atom stereocenters. The Morgan fingerprint density at radius 3 is 2.29 bits per heavy atom. The van der Waals surface area contributed by atoms with Crippen LogP contribution in [0.4, 0.5) is 0 Å². The zero-order valence-corrected chi connectivity index (χ0v) is 9.89. The average molecular weight is 270 g/mol. The molecule has 0 aliphatic carbocycles. The Labute approximate surface area is 101 Å². The number of nitrogens with one attached hydrogen (secondary N) is 2. The topological polar surface area (TPSA) is 92.3 Å². The quantitative estimate of drug-likeness (QED) is 0.403. The van der Waals surface area contributed by atoms with Gasteiger partial charge in [0, 0.05) is 4.88 Å². The number of amides is 2. The Balaban J connectivity index is 2.37. The zero-order chi connectivity index (χ0) is 12.4. The summed E-state index contributed by atoms with van der Waals surface area (Å²) in [5, 5.41) is 5.43. The van der Waals surface area contributed by atoms with Crippen LogP contribution < -0.4 is 10.6 Å². The normalized spacial score (nSPS) is 15.3. The van der Waals surface area contributed by atoms with Crippen molar-refractivity contribution >= 4 is 44.6 Å². The molecule has 8 heteroatoms. The molecule has 0 saturated carbocycles. The first-order chi connectivity index (χ1) is 8.08. The Morgan fingerprint density at radius 2 is 1.82 bits per heavy atom. The van der Waals surface area contributed by atoms with Crippen LogP contribution in [-0.4, -0.2) is 25.3 Å².